The van der Waals surface area contributed by atoms with Gasteiger partial charge in [0.1, 0.15) is 0 Å². The summed E-state index contributed by atoms with van der Waals surface area (Å²) in [7, 11) is 2.00. The number of rotatable bonds is 4. The van der Waals surface area contributed by atoms with Crippen molar-refractivity contribution < 1.29 is 0 Å². The molecule has 1 fully saturated rings. The SMILES string of the molecule is CNC1CCN(c2nccn(CC(C)C)c2=O)CC1. The van der Waals surface area contributed by atoms with Gasteiger partial charge in [0.05, 0.1) is 0 Å². The van der Waals surface area contributed by atoms with Crippen LogP contribution < -0.4 is 15.8 Å². The zero-order valence-electron chi connectivity index (χ0n) is 12.1. The van der Waals surface area contributed by atoms with E-state index < -0.39 is 0 Å². The van der Waals surface area contributed by atoms with Gasteiger partial charge in [0.2, 0.25) is 0 Å². The second-order valence-electron chi connectivity index (χ2n) is 5.65. The molecule has 0 spiro atoms. The number of aromatic nitrogens is 2. The molecule has 106 valence electrons. The van der Waals surface area contributed by atoms with Crippen LogP contribution in [0.15, 0.2) is 17.2 Å². The van der Waals surface area contributed by atoms with E-state index >= 15 is 0 Å². The van der Waals surface area contributed by atoms with Gasteiger partial charge in [-0.2, -0.15) is 0 Å². The summed E-state index contributed by atoms with van der Waals surface area (Å²) in [5, 5.41) is 3.30. The van der Waals surface area contributed by atoms with Crippen LogP contribution in [0.5, 0.6) is 0 Å². The topological polar surface area (TPSA) is 50.2 Å². The molecule has 5 heteroatoms. The quantitative estimate of drug-likeness (QED) is 0.884. The lowest BCUT2D eigenvalue weighted by Gasteiger charge is -2.32. The molecule has 1 aliphatic heterocycles. The van der Waals surface area contributed by atoms with Crippen LogP contribution in [-0.2, 0) is 6.54 Å². The Hall–Kier alpha value is -1.36. The van der Waals surface area contributed by atoms with Gasteiger partial charge in [-0.25, -0.2) is 4.98 Å². The standard InChI is InChI=1S/C14H24N4O/c1-11(2)10-18-9-6-16-13(14(18)19)17-7-4-12(15-3)5-8-17/h6,9,11-12,15H,4-5,7-8,10H2,1-3H3. The van der Waals surface area contributed by atoms with Gasteiger partial charge in [-0.15, -0.1) is 0 Å². The van der Waals surface area contributed by atoms with Crippen LogP contribution in [0.3, 0.4) is 0 Å². The van der Waals surface area contributed by atoms with E-state index in [0.29, 0.717) is 17.8 Å². The van der Waals surface area contributed by atoms with Gasteiger partial charge in [0, 0.05) is 38.1 Å². The zero-order chi connectivity index (χ0) is 13.8. The van der Waals surface area contributed by atoms with Gasteiger partial charge in [0.25, 0.3) is 5.56 Å². The molecule has 0 aliphatic carbocycles. The van der Waals surface area contributed by atoms with Gasteiger partial charge in [-0.1, -0.05) is 13.8 Å². The molecule has 1 aromatic heterocycles. The Kier molecular flexibility index (Phi) is 4.58. The van der Waals surface area contributed by atoms with Crippen LogP contribution >= 0.6 is 0 Å². The monoisotopic (exact) mass is 264 g/mol. The van der Waals surface area contributed by atoms with E-state index in [1.165, 1.54) is 0 Å². The van der Waals surface area contributed by atoms with Crippen molar-refractivity contribution in [1.29, 1.82) is 0 Å². The largest absolute Gasteiger partial charge is 0.352 e. The first-order chi connectivity index (χ1) is 9.11. The number of nitrogens with zero attached hydrogens (tertiary/aromatic N) is 3. The molecule has 2 heterocycles. The molecule has 19 heavy (non-hydrogen) atoms. The van der Waals surface area contributed by atoms with Crippen LogP contribution in [0.2, 0.25) is 0 Å². The Morgan fingerprint density at radius 3 is 2.68 bits per heavy atom. The molecule has 1 N–H and O–H groups in total. The van der Waals surface area contributed by atoms with E-state index in [-0.39, 0.29) is 5.56 Å². The van der Waals surface area contributed by atoms with Crippen molar-refractivity contribution in [3.63, 3.8) is 0 Å². The summed E-state index contributed by atoms with van der Waals surface area (Å²) in [6, 6.07) is 0.567. The third-order valence-corrected chi connectivity index (χ3v) is 3.66. The Morgan fingerprint density at radius 1 is 1.42 bits per heavy atom. The molecular weight excluding hydrogens is 240 g/mol. The van der Waals surface area contributed by atoms with Crippen molar-refractivity contribution in [3.8, 4) is 0 Å². The second-order valence-corrected chi connectivity index (χ2v) is 5.65. The molecule has 0 amide bonds. The molecule has 5 nitrogen and oxygen atoms in total. The molecular formula is C14H24N4O. The Bertz CT molecular complexity index is 461. The fourth-order valence-corrected chi connectivity index (χ4v) is 2.57. The molecule has 0 atom stereocenters. The van der Waals surface area contributed by atoms with Gasteiger partial charge >= 0.3 is 0 Å². The minimum absolute atomic E-state index is 0.0408. The van der Waals surface area contributed by atoms with Crippen molar-refractivity contribution in [3.05, 3.63) is 22.7 Å². The smallest absolute Gasteiger partial charge is 0.293 e. The zero-order valence-corrected chi connectivity index (χ0v) is 12.1. The number of piperidine rings is 1. The highest BCUT2D eigenvalue weighted by atomic mass is 16.1. The third kappa shape index (κ3) is 3.35. The first-order valence-electron chi connectivity index (χ1n) is 7.09. The van der Waals surface area contributed by atoms with Crippen molar-refractivity contribution in [2.75, 3.05) is 25.0 Å². The molecule has 2 rings (SSSR count). The number of hydrogen-bond acceptors (Lipinski definition) is 4. The average Bonchev–Trinajstić information content (AvgIpc) is 2.41. The van der Waals surface area contributed by atoms with E-state index in [9.17, 15) is 4.79 Å². The normalized spacial score (nSPS) is 17.2. The van der Waals surface area contributed by atoms with E-state index in [0.717, 1.165) is 32.5 Å². The van der Waals surface area contributed by atoms with Crippen LogP contribution in [0, 0.1) is 5.92 Å². The van der Waals surface area contributed by atoms with Gasteiger partial charge in [-0.05, 0) is 25.8 Å². The highest BCUT2D eigenvalue weighted by Crippen LogP contribution is 2.14. The molecule has 1 aromatic rings. The lowest BCUT2D eigenvalue weighted by Crippen LogP contribution is -2.44. The Balaban J connectivity index is 2.15. The Labute approximate surface area is 114 Å². The molecule has 0 aromatic carbocycles. The maximum Gasteiger partial charge on any atom is 0.293 e. The fraction of sp³-hybridized carbons (Fsp3) is 0.714. The van der Waals surface area contributed by atoms with Gasteiger partial charge < -0.3 is 14.8 Å². The predicted octanol–water partition coefficient (Wildman–Crippen LogP) is 1.09. The maximum atomic E-state index is 12.4. The number of nitrogens with one attached hydrogen (secondary N) is 1. The number of anilines is 1. The van der Waals surface area contributed by atoms with E-state index in [1.54, 1.807) is 17.0 Å². The highest BCUT2D eigenvalue weighted by Gasteiger charge is 2.21. The summed E-state index contributed by atoms with van der Waals surface area (Å²) < 4.78 is 1.77. The first kappa shape index (κ1) is 14.1. The minimum Gasteiger partial charge on any atom is -0.352 e. The predicted molar refractivity (Wildman–Crippen MR) is 77.6 cm³/mol. The van der Waals surface area contributed by atoms with Crippen LogP contribution in [0.25, 0.3) is 0 Å². The van der Waals surface area contributed by atoms with Crippen LogP contribution in [-0.4, -0.2) is 35.7 Å². The summed E-state index contributed by atoms with van der Waals surface area (Å²) >= 11 is 0. The van der Waals surface area contributed by atoms with Gasteiger partial charge in [0.15, 0.2) is 5.82 Å². The van der Waals surface area contributed by atoms with E-state index in [4.69, 9.17) is 0 Å². The number of hydrogen-bond donors (Lipinski definition) is 1. The Morgan fingerprint density at radius 2 is 2.11 bits per heavy atom. The van der Waals surface area contributed by atoms with Crippen molar-refractivity contribution in [2.24, 2.45) is 5.92 Å². The second kappa shape index (κ2) is 6.19. The summed E-state index contributed by atoms with van der Waals surface area (Å²) in [5.74, 6) is 1.07. The first-order valence-corrected chi connectivity index (χ1v) is 7.09. The van der Waals surface area contributed by atoms with Crippen LogP contribution in [0.1, 0.15) is 26.7 Å². The van der Waals surface area contributed by atoms with Crippen molar-refractivity contribution >= 4 is 5.82 Å². The molecule has 1 aliphatic rings. The summed E-state index contributed by atoms with van der Waals surface area (Å²) in [6.45, 7) is 6.79. The van der Waals surface area contributed by atoms with Crippen molar-refractivity contribution in [2.45, 2.75) is 39.3 Å². The highest BCUT2D eigenvalue weighted by molar-refractivity contribution is 5.36. The molecule has 0 saturated carbocycles. The summed E-state index contributed by atoms with van der Waals surface area (Å²) in [5.41, 5.74) is 0.0408. The lowest BCUT2D eigenvalue weighted by atomic mass is 10.1. The van der Waals surface area contributed by atoms with Crippen LogP contribution in [0.4, 0.5) is 5.82 Å². The molecule has 0 bridgehead atoms. The summed E-state index contributed by atoms with van der Waals surface area (Å²) in [6.07, 6.45) is 5.66. The lowest BCUT2D eigenvalue weighted by molar-refractivity contribution is 0.437. The van der Waals surface area contributed by atoms with Crippen molar-refractivity contribution in [1.82, 2.24) is 14.9 Å². The third-order valence-electron chi connectivity index (χ3n) is 3.66. The minimum atomic E-state index is 0.0408. The summed E-state index contributed by atoms with van der Waals surface area (Å²) in [4.78, 5) is 18.8. The molecule has 0 radical (unpaired) electrons. The molecule has 1 saturated heterocycles. The average molecular weight is 264 g/mol. The fourth-order valence-electron chi connectivity index (χ4n) is 2.57. The van der Waals surface area contributed by atoms with E-state index in [2.05, 4.69) is 29.0 Å². The maximum absolute atomic E-state index is 12.4. The molecule has 0 unspecified atom stereocenters. The van der Waals surface area contributed by atoms with Gasteiger partial charge in [-0.3, -0.25) is 4.79 Å². The van der Waals surface area contributed by atoms with E-state index in [1.807, 2.05) is 7.05 Å².